The minimum Gasteiger partial charge on any atom is -0.491 e. The van der Waals surface area contributed by atoms with Crippen LogP contribution < -0.4 is 14.8 Å². The Hall–Kier alpha value is -2.59. The number of primary sulfonamides is 1. The van der Waals surface area contributed by atoms with Crippen molar-refractivity contribution in [2.75, 3.05) is 23.8 Å². The largest absolute Gasteiger partial charge is 0.491 e. The van der Waals surface area contributed by atoms with Crippen LogP contribution in [0.1, 0.15) is 74.4 Å². The van der Waals surface area contributed by atoms with Gasteiger partial charge < -0.3 is 19.8 Å². The van der Waals surface area contributed by atoms with E-state index in [9.17, 15) is 23.4 Å². The number of aromatic carboxylic acids is 1. The first-order valence-corrected chi connectivity index (χ1v) is 16.7. The number of hydrogen-bond acceptors (Lipinski definition) is 6. The first-order valence-electron chi connectivity index (χ1n) is 14.6. The summed E-state index contributed by atoms with van der Waals surface area (Å²) in [4.78, 5) is 14.1. The van der Waals surface area contributed by atoms with Crippen molar-refractivity contribution in [3.05, 3.63) is 69.8 Å². The SMILES string of the molecule is C/C(=C\CC(C)(C)CS(N)(=O)=O)[C@@H](O)[C@@H]1CC[C@H]1CN1Cc2ccc(Cl)cc2CCCCOc2ccc(C(=O)O)cc21. The van der Waals surface area contributed by atoms with E-state index < -0.39 is 27.5 Å². The lowest BCUT2D eigenvalue weighted by molar-refractivity contribution is 0.0386. The first-order chi connectivity index (χ1) is 19.7. The molecular weight excluding hydrogens is 576 g/mol. The number of hydrogen-bond donors (Lipinski definition) is 3. The highest BCUT2D eigenvalue weighted by atomic mass is 35.5. The average Bonchev–Trinajstić information content (AvgIpc) is 2.91. The van der Waals surface area contributed by atoms with E-state index in [1.165, 1.54) is 5.56 Å². The van der Waals surface area contributed by atoms with E-state index in [1.807, 2.05) is 45.0 Å². The Bertz CT molecular complexity index is 1420. The summed E-state index contributed by atoms with van der Waals surface area (Å²) in [7, 11) is -3.61. The number of anilines is 1. The number of fused-ring (bicyclic) bond motifs is 2. The molecule has 0 amide bonds. The molecule has 1 aliphatic carbocycles. The zero-order valence-electron chi connectivity index (χ0n) is 24.7. The second kappa shape index (κ2) is 13.4. The van der Waals surface area contributed by atoms with Crippen LogP contribution in [0.15, 0.2) is 48.0 Å². The lowest BCUT2D eigenvalue weighted by Crippen LogP contribution is -2.43. The Balaban J connectivity index is 1.61. The molecule has 1 fully saturated rings. The number of ether oxygens (including phenoxy) is 1. The summed E-state index contributed by atoms with van der Waals surface area (Å²) in [6, 6.07) is 11.0. The highest BCUT2D eigenvalue weighted by Gasteiger charge is 2.38. The molecule has 8 nitrogen and oxygen atoms in total. The van der Waals surface area contributed by atoms with Gasteiger partial charge in [0.15, 0.2) is 0 Å². The normalized spacial score (nSPS) is 20.8. The maximum atomic E-state index is 11.9. The van der Waals surface area contributed by atoms with Crippen molar-refractivity contribution in [2.45, 2.75) is 71.9 Å². The molecule has 1 aliphatic heterocycles. The van der Waals surface area contributed by atoms with Gasteiger partial charge in [-0.2, -0.15) is 0 Å². The molecule has 42 heavy (non-hydrogen) atoms. The number of carboxylic acid groups (broad SMARTS) is 1. The number of sulfonamides is 1. The van der Waals surface area contributed by atoms with Crippen LogP contribution in [0, 0.1) is 17.3 Å². The predicted octanol–water partition coefficient (Wildman–Crippen LogP) is 5.80. The molecule has 0 unspecified atom stereocenters. The lowest BCUT2D eigenvalue weighted by atomic mass is 9.68. The standard InChI is InChI=1S/C32H43ClN2O6S/c1-21(13-14-32(2,3)20-42(34,39)40)30(36)27-11-8-25(27)19-35-18-24-7-10-26(33)16-22(24)6-4-5-15-41-29-12-9-23(31(37)38)17-28(29)35/h7,9-10,12-13,16-17,25,27,30,36H,4-6,8,11,14-15,18-20H2,1-3H3,(H,37,38)(H2,34,39,40)/b21-13+/t25-,27+,30+/m0/s1. The third-order valence-electron chi connectivity index (χ3n) is 8.55. The van der Waals surface area contributed by atoms with Crippen molar-refractivity contribution in [3.8, 4) is 5.75 Å². The van der Waals surface area contributed by atoms with Crippen LogP contribution in [-0.4, -0.2) is 49.6 Å². The fourth-order valence-electron chi connectivity index (χ4n) is 6.07. The summed E-state index contributed by atoms with van der Waals surface area (Å²) in [6.45, 7) is 7.30. The summed E-state index contributed by atoms with van der Waals surface area (Å²) >= 11 is 6.36. The molecule has 2 aromatic rings. The number of carbonyl (C=O) groups is 1. The predicted molar refractivity (Wildman–Crippen MR) is 167 cm³/mol. The number of rotatable bonds is 9. The Labute approximate surface area is 254 Å². The van der Waals surface area contributed by atoms with Crippen LogP contribution >= 0.6 is 11.6 Å². The quantitative estimate of drug-likeness (QED) is 0.303. The molecule has 2 aromatic carbocycles. The molecular formula is C32H43ClN2O6S. The number of allylic oxidation sites excluding steroid dienone is 1. The van der Waals surface area contributed by atoms with Gasteiger partial charge in [0.25, 0.3) is 0 Å². The van der Waals surface area contributed by atoms with E-state index in [2.05, 4.69) is 4.90 Å². The number of carboxylic acids is 1. The molecule has 10 heteroatoms. The molecule has 1 heterocycles. The fraction of sp³-hybridized carbons (Fsp3) is 0.531. The van der Waals surface area contributed by atoms with Gasteiger partial charge >= 0.3 is 5.97 Å². The maximum Gasteiger partial charge on any atom is 0.335 e. The third kappa shape index (κ3) is 8.49. The Morgan fingerprint density at radius 2 is 1.95 bits per heavy atom. The highest BCUT2D eigenvalue weighted by Crippen LogP contribution is 2.42. The number of aliphatic hydroxyl groups is 1. The van der Waals surface area contributed by atoms with E-state index >= 15 is 0 Å². The van der Waals surface area contributed by atoms with Gasteiger partial charge in [-0.3, -0.25) is 0 Å². The Kier molecular flexibility index (Phi) is 10.3. The van der Waals surface area contributed by atoms with Crippen molar-refractivity contribution >= 4 is 33.3 Å². The topological polar surface area (TPSA) is 130 Å². The minimum atomic E-state index is -3.61. The molecule has 2 aliphatic rings. The number of nitrogens with zero attached hydrogens (tertiary/aromatic N) is 1. The number of halogens is 1. The van der Waals surface area contributed by atoms with Crippen LogP contribution in [0.25, 0.3) is 0 Å². The van der Waals surface area contributed by atoms with Crippen LogP contribution in [0.4, 0.5) is 5.69 Å². The molecule has 3 atom stereocenters. The van der Waals surface area contributed by atoms with Gasteiger partial charge in [0, 0.05) is 18.1 Å². The highest BCUT2D eigenvalue weighted by molar-refractivity contribution is 7.89. The number of benzene rings is 2. The Morgan fingerprint density at radius 3 is 2.62 bits per heavy atom. The van der Waals surface area contributed by atoms with Crippen molar-refractivity contribution in [2.24, 2.45) is 22.4 Å². The minimum absolute atomic E-state index is 0.0255. The van der Waals surface area contributed by atoms with Crippen molar-refractivity contribution < 1.29 is 28.2 Å². The molecule has 0 saturated heterocycles. The Morgan fingerprint density at radius 1 is 1.19 bits per heavy atom. The summed E-state index contributed by atoms with van der Waals surface area (Å²) in [5.41, 5.74) is 3.51. The smallest absolute Gasteiger partial charge is 0.335 e. The summed E-state index contributed by atoms with van der Waals surface area (Å²) < 4.78 is 29.4. The zero-order chi connectivity index (χ0) is 30.7. The van der Waals surface area contributed by atoms with Crippen LogP contribution in [0.3, 0.4) is 0 Å². The molecule has 0 radical (unpaired) electrons. The van der Waals surface area contributed by atoms with Crippen LogP contribution in [0.5, 0.6) is 5.75 Å². The van der Waals surface area contributed by atoms with E-state index in [-0.39, 0.29) is 23.2 Å². The monoisotopic (exact) mass is 618 g/mol. The number of aliphatic hydroxyl groups excluding tert-OH is 1. The van der Waals surface area contributed by atoms with Crippen molar-refractivity contribution in [1.29, 1.82) is 0 Å². The fourth-order valence-corrected chi connectivity index (χ4v) is 7.48. The summed E-state index contributed by atoms with van der Waals surface area (Å²) in [5, 5.41) is 27.1. The first kappa shape index (κ1) is 32.3. The molecule has 4 rings (SSSR count). The molecule has 230 valence electrons. The molecule has 1 saturated carbocycles. The number of aryl methyl sites for hydroxylation is 1. The molecule has 0 spiro atoms. The van der Waals surface area contributed by atoms with Gasteiger partial charge in [-0.1, -0.05) is 37.6 Å². The van der Waals surface area contributed by atoms with E-state index in [4.69, 9.17) is 21.5 Å². The van der Waals surface area contributed by atoms with Gasteiger partial charge in [0.05, 0.1) is 29.7 Å². The van der Waals surface area contributed by atoms with Crippen molar-refractivity contribution in [1.82, 2.24) is 0 Å². The number of nitrogens with two attached hydrogens (primary N) is 1. The molecule has 4 N–H and O–H groups in total. The van der Waals surface area contributed by atoms with E-state index in [0.29, 0.717) is 36.9 Å². The van der Waals surface area contributed by atoms with Gasteiger partial charge in [0.2, 0.25) is 10.0 Å². The summed E-state index contributed by atoms with van der Waals surface area (Å²) in [5.74, 6) is -0.280. The van der Waals surface area contributed by atoms with Gasteiger partial charge in [0.1, 0.15) is 5.75 Å². The van der Waals surface area contributed by atoms with Gasteiger partial charge in [-0.15, -0.1) is 0 Å². The van der Waals surface area contributed by atoms with Gasteiger partial charge in [-0.05, 0) is 110 Å². The summed E-state index contributed by atoms with van der Waals surface area (Å²) in [6.07, 6.45) is 6.25. The second-order valence-corrected chi connectivity index (χ2v) is 14.7. The maximum absolute atomic E-state index is 11.9. The van der Waals surface area contributed by atoms with E-state index in [0.717, 1.165) is 48.9 Å². The third-order valence-corrected chi connectivity index (χ3v) is 9.96. The van der Waals surface area contributed by atoms with E-state index in [1.54, 1.807) is 18.2 Å². The molecule has 0 bridgehead atoms. The molecule has 0 aromatic heterocycles. The second-order valence-electron chi connectivity index (χ2n) is 12.7. The van der Waals surface area contributed by atoms with Crippen molar-refractivity contribution in [3.63, 3.8) is 0 Å². The van der Waals surface area contributed by atoms with Crippen LogP contribution in [0.2, 0.25) is 5.02 Å². The van der Waals surface area contributed by atoms with Crippen LogP contribution in [-0.2, 0) is 23.0 Å². The lowest BCUT2D eigenvalue weighted by Gasteiger charge is -2.43. The average molecular weight is 619 g/mol. The van der Waals surface area contributed by atoms with Gasteiger partial charge in [-0.25, -0.2) is 18.4 Å². The zero-order valence-corrected chi connectivity index (χ0v) is 26.3.